The van der Waals surface area contributed by atoms with Crippen LogP contribution in [0.2, 0.25) is 10.0 Å². The maximum Gasteiger partial charge on any atom is 0.243 e. The van der Waals surface area contributed by atoms with Gasteiger partial charge in [0.2, 0.25) is 11.8 Å². The SMILES string of the molecule is C[C@@H](NC(=O)[C@H]1CCCC(=O)N1)c1ccc(Cl)c(Cl)c1. The Hall–Kier alpha value is -1.26. The highest BCUT2D eigenvalue weighted by atomic mass is 35.5. The Morgan fingerprint density at radius 2 is 2.15 bits per heavy atom. The smallest absolute Gasteiger partial charge is 0.243 e. The van der Waals surface area contributed by atoms with E-state index < -0.39 is 6.04 Å². The normalized spacial score (nSPS) is 20.1. The second kappa shape index (κ2) is 6.46. The van der Waals surface area contributed by atoms with Crippen LogP contribution >= 0.6 is 23.2 Å². The topological polar surface area (TPSA) is 58.2 Å². The van der Waals surface area contributed by atoms with Crippen molar-refractivity contribution in [3.63, 3.8) is 0 Å². The molecule has 1 heterocycles. The van der Waals surface area contributed by atoms with E-state index in [9.17, 15) is 9.59 Å². The molecule has 0 saturated carbocycles. The summed E-state index contributed by atoms with van der Waals surface area (Å²) < 4.78 is 0. The molecular weight excluding hydrogens is 299 g/mol. The number of amides is 2. The molecule has 6 heteroatoms. The number of rotatable bonds is 3. The van der Waals surface area contributed by atoms with Gasteiger partial charge in [0, 0.05) is 6.42 Å². The average molecular weight is 315 g/mol. The zero-order valence-corrected chi connectivity index (χ0v) is 12.6. The molecule has 2 rings (SSSR count). The van der Waals surface area contributed by atoms with E-state index in [-0.39, 0.29) is 17.9 Å². The number of hydrogen-bond acceptors (Lipinski definition) is 2. The Kier molecular flexibility index (Phi) is 4.89. The van der Waals surface area contributed by atoms with Gasteiger partial charge in [0.15, 0.2) is 0 Å². The molecule has 4 nitrogen and oxygen atoms in total. The largest absolute Gasteiger partial charge is 0.348 e. The van der Waals surface area contributed by atoms with E-state index in [1.54, 1.807) is 12.1 Å². The van der Waals surface area contributed by atoms with E-state index in [4.69, 9.17) is 23.2 Å². The lowest BCUT2D eigenvalue weighted by molar-refractivity contribution is -0.131. The van der Waals surface area contributed by atoms with Gasteiger partial charge in [-0.1, -0.05) is 29.3 Å². The van der Waals surface area contributed by atoms with Crippen molar-refractivity contribution in [2.24, 2.45) is 0 Å². The molecule has 0 bridgehead atoms. The first-order valence-corrected chi connectivity index (χ1v) is 7.27. The van der Waals surface area contributed by atoms with Crippen molar-refractivity contribution in [2.45, 2.75) is 38.3 Å². The molecule has 2 N–H and O–H groups in total. The summed E-state index contributed by atoms with van der Waals surface area (Å²) in [7, 11) is 0. The predicted molar refractivity (Wildman–Crippen MR) is 78.8 cm³/mol. The van der Waals surface area contributed by atoms with Crippen LogP contribution in [0.1, 0.15) is 37.8 Å². The molecule has 2 atom stereocenters. The third kappa shape index (κ3) is 3.64. The first kappa shape index (κ1) is 15.1. The van der Waals surface area contributed by atoms with Crippen LogP contribution < -0.4 is 10.6 Å². The van der Waals surface area contributed by atoms with E-state index in [0.29, 0.717) is 22.9 Å². The first-order chi connectivity index (χ1) is 9.47. The van der Waals surface area contributed by atoms with E-state index in [1.165, 1.54) is 0 Å². The van der Waals surface area contributed by atoms with Crippen molar-refractivity contribution in [1.82, 2.24) is 10.6 Å². The summed E-state index contributed by atoms with van der Waals surface area (Å²) in [5, 5.41) is 6.51. The van der Waals surface area contributed by atoms with Crippen LogP contribution in [0.5, 0.6) is 0 Å². The number of benzene rings is 1. The fraction of sp³-hybridized carbons (Fsp3) is 0.429. The number of hydrogen-bond donors (Lipinski definition) is 2. The molecule has 20 heavy (non-hydrogen) atoms. The van der Waals surface area contributed by atoms with E-state index in [0.717, 1.165) is 12.0 Å². The van der Waals surface area contributed by atoms with Crippen molar-refractivity contribution in [3.8, 4) is 0 Å². The van der Waals surface area contributed by atoms with Crippen LogP contribution in [0.4, 0.5) is 0 Å². The van der Waals surface area contributed by atoms with Gasteiger partial charge in [-0.2, -0.15) is 0 Å². The number of piperidine rings is 1. The van der Waals surface area contributed by atoms with Crippen LogP contribution in [0.25, 0.3) is 0 Å². The van der Waals surface area contributed by atoms with Crippen LogP contribution in [0, 0.1) is 0 Å². The van der Waals surface area contributed by atoms with Gasteiger partial charge in [-0.15, -0.1) is 0 Å². The van der Waals surface area contributed by atoms with Gasteiger partial charge in [-0.3, -0.25) is 9.59 Å². The van der Waals surface area contributed by atoms with E-state index in [2.05, 4.69) is 10.6 Å². The van der Waals surface area contributed by atoms with Crippen LogP contribution in [-0.4, -0.2) is 17.9 Å². The molecule has 0 aliphatic carbocycles. The van der Waals surface area contributed by atoms with Gasteiger partial charge >= 0.3 is 0 Å². The summed E-state index contributed by atoms with van der Waals surface area (Å²) >= 11 is 11.8. The fourth-order valence-electron chi connectivity index (χ4n) is 2.18. The van der Waals surface area contributed by atoms with E-state index >= 15 is 0 Å². The minimum Gasteiger partial charge on any atom is -0.348 e. The first-order valence-electron chi connectivity index (χ1n) is 6.52. The second-order valence-electron chi connectivity index (χ2n) is 4.92. The van der Waals surface area contributed by atoms with Gasteiger partial charge in [0.05, 0.1) is 16.1 Å². The summed E-state index contributed by atoms with van der Waals surface area (Å²) in [6.07, 6.45) is 1.91. The molecule has 1 aromatic carbocycles. The molecular formula is C14H16Cl2N2O2. The number of nitrogens with one attached hydrogen (secondary N) is 2. The molecule has 1 aliphatic heterocycles. The molecule has 1 saturated heterocycles. The van der Waals surface area contributed by atoms with Crippen LogP contribution in [0.3, 0.4) is 0 Å². The third-order valence-corrected chi connectivity index (χ3v) is 4.09. The Labute approximate surface area is 127 Å². The minimum absolute atomic E-state index is 0.0707. The number of carbonyl (C=O) groups excluding carboxylic acids is 2. The van der Waals surface area contributed by atoms with Crippen LogP contribution in [-0.2, 0) is 9.59 Å². The lowest BCUT2D eigenvalue weighted by Crippen LogP contribution is -2.49. The predicted octanol–water partition coefficient (Wildman–Crippen LogP) is 2.84. The van der Waals surface area contributed by atoms with Gasteiger partial charge in [0.1, 0.15) is 6.04 Å². The molecule has 0 aromatic heterocycles. The van der Waals surface area contributed by atoms with Crippen molar-refractivity contribution in [1.29, 1.82) is 0 Å². The monoisotopic (exact) mass is 314 g/mol. The highest BCUT2D eigenvalue weighted by Gasteiger charge is 2.25. The second-order valence-corrected chi connectivity index (χ2v) is 5.73. The van der Waals surface area contributed by atoms with Gasteiger partial charge in [0.25, 0.3) is 0 Å². The number of halogens is 2. The quantitative estimate of drug-likeness (QED) is 0.901. The maximum absolute atomic E-state index is 12.1. The summed E-state index contributed by atoms with van der Waals surface area (Å²) in [6, 6.07) is 4.61. The highest BCUT2D eigenvalue weighted by molar-refractivity contribution is 6.42. The van der Waals surface area contributed by atoms with Crippen LogP contribution in [0.15, 0.2) is 18.2 Å². The zero-order chi connectivity index (χ0) is 14.7. The molecule has 1 fully saturated rings. The summed E-state index contributed by atoms with van der Waals surface area (Å²) in [5.41, 5.74) is 0.870. The van der Waals surface area contributed by atoms with Crippen molar-refractivity contribution >= 4 is 35.0 Å². The maximum atomic E-state index is 12.1. The van der Waals surface area contributed by atoms with Gasteiger partial charge in [-0.25, -0.2) is 0 Å². The fourth-order valence-corrected chi connectivity index (χ4v) is 2.49. The Bertz CT molecular complexity index is 534. The molecule has 108 valence electrons. The van der Waals surface area contributed by atoms with Gasteiger partial charge < -0.3 is 10.6 Å². The summed E-state index contributed by atoms with van der Waals surface area (Å²) in [5.74, 6) is -0.241. The molecule has 0 spiro atoms. The molecule has 0 unspecified atom stereocenters. The third-order valence-electron chi connectivity index (χ3n) is 3.35. The highest BCUT2D eigenvalue weighted by Crippen LogP contribution is 2.25. The standard InChI is InChI=1S/C14H16Cl2N2O2/c1-8(9-5-6-10(15)11(16)7-9)17-14(20)12-3-2-4-13(19)18-12/h5-8,12H,2-4H2,1H3,(H,17,20)(H,18,19)/t8-,12-/m1/s1. The van der Waals surface area contributed by atoms with E-state index in [1.807, 2.05) is 13.0 Å². The van der Waals surface area contributed by atoms with Crippen molar-refractivity contribution in [2.75, 3.05) is 0 Å². The lowest BCUT2D eigenvalue weighted by atomic mass is 10.0. The lowest BCUT2D eigenvalue weighted by Gasteiger charge is -2.24. The Morgan fingerprint density at radius 1 is 1.40 bits per heavy atom. The minimum atomic E-state index is -0.443. The average Bonchev–Trinajstić information content (AvgIpc) is 2.41. The molecule has 0 radical (unpaired) electrons. The Morgan fingerprint density at radius 3 is 2.80 bits per heavy atom. The van der Waals surface area contributed by atoms with Gasteiger partial charge in [-0.05, 0) is 37.5 Å². The zero-order valence-electron chi connectivity index (χ0n) is 11.1. The number of carbonyl (C=O) groups is 2. The molecule has 2 amide bonds. The summed E-state index contributed by atoms with van der Waals surface area (Å²) in [6.45, 7) is 1.86. The molecule has 1 aliphatic rings. The molecule has 1 aromatic rings. The summed E-state index contributed by atoms with van der Waals surface area (Å²) in [4.78, 5) is 23.4. The van der Waals surface area contributed by atoms with Crippen molar-refractivity contribution in [3.05, 3.63) is 33.8 Å². The van der Waals surface area contributed by atoms with Crippen molar-refractivity contribution < 1.29 is 9.59 Å². The Balaban J connectivity index is 1.99.